The minimum atomic E-state index is -5.25. The Bertz CT molecular complexity index is 1660. The Hall–Kier alpha value is -2.11. The average molecular weight is 869 g/mol. The molecule has 8 unspecified atom stereocenters. The normalized spacial score (nSPS) is 37.8. The number of aliphatic hydroxyl groups is 9. The molecule has 3 aliphatic heterocycles. The van der Waals surface area contributed by atoms with E-state index < -0.39 is 164 Å². The van der Waals surface area contributed by atoms with Gasteiger partial charge in [0.2, 0.25) is 5.91 Å². The van der Waals surface area contributed by atoms with Gasteiger partial charge in [0.1, 0.15) is 66.9 Å². The summed E-state index contributed by atoms with van der Waals surface area (Å²) in [5, 5.41) is 95.6. The van der Waals surface area contributed by atoms with E-state index in [1.165, 1.54) is 6.07 Å². The number of rotatable bonds is 18. The summed E-state index contributed by atoms with van der Waals surface area (Å²) in [4.78, 5) is 49.2. The number of aliphatic hydroxyl groups excluding tert-OH is 9. The number of ether oxygens (including phenoxy) is 4. The number of anilines is 1. The summed E-state index contributed by atoms with van der Waals surface area (Å²) in [6.07, 6.45) is -23.4. The van der Waals surface area contributed by atoms with Gasteiger partial charge in [-0.25, -0.2) is 9.36 Å². The first-order valence-corrected chi connectivity index (χ1v) is 20.6. The summed E-state index contributed by atoms with van der Waals surface area (Å²) in [5.41, 5.74) is 2.39. The van der Waals surface area contributed by atoms with Gasteiger partial charge in [0.05, 0.1) is 50.3 Å². The molecule has 0 spiro atoms. The number of nitrogens with one attached hydrogen (secondary N) is 1. The SMILES string of the molecule is CO[C@@H]1OC(COP(=O)(O)OC[C@]2(CCP(=O)(O)OC[C@H]3O[C@@H](n4ccc(N)nc4=O)C(O)C3O)C[C@@H](O)[C@@H](NC(C)=O)C([C@H](O)[C@H](O)CO)O2)[C@H](O)C(O)C1O. The third-order valence-electron chi connectivity index (χ3n) is 9.57. The number of carbonyl (C=O) groups excluding carboxylic acids is 1. The maximum absolute atomic E-state index is 13.4. The molecule has 1 aromatic rings. The summed E-state index contributed by atoms with van der Waals surface area (Å²) in [6.45, 7) is -2.84. The molecule has 0 saturated carbocycles. The van der Waals surface area contributed by atoms with Crippen molar-refractivity contribution >= 4 is 27.1 Å². The van der Waals surface area contributed by atoms with Crippen LogP contribution in [0.1, 0.15) is 26.0 Å². The largest absolute Gasteiger partial charge is 0.472 e. The van der Waals surface area contributed by atoms with Crippen molar-refractivity contribution in [3.8, 4) is 0 Å². The standard InChI is InChI=1S/C29H50N4O22P2/c1-12(35)31-18-13(36)7-29(55-25(18)19(38)14(37)8-34,11-52-57(47,48)51-10-16-20(39)22(41)24(43)27(49-2)54-16)4-6-56(45,46)50-9-15-21(40)23(42)26(53-15)33-5-3-17(30)32-28(33)44/h3,5,13-16,18-27,34,36-43H,4,6-11H2,1-2H3,(H,31,35)(H,45,46)(H,47,48)(H2,30,32,44)/t13-,14-,15-,16?,18-,19-,20+,21?,22?,23?,24?,25?,26-,27-,29+/m1/s1. The van der Waals surface area contributed by atoms with Gasteiger partial charge in [0.15, 0.2) is 12.5 Å². The molecule has 14 N–H and O–H groups in total. The number of amides is 1. The predicted molar refractivity (Wildman–Crippen MR) is 184 cm³/mol. The average Bonchev–Trinajstić information content (AvgIpc) is 3.43. The lowest BCUT2D eigenvalue weighted by molar-refractivity contribution is -0.293. The molecule has 328 valence electrons. The lowest BCUT2D eigenvalue weighted by Crippen LogP contribution is -2.66. The number of phosphoric ester groups is 1. The maximum atomic E-state index is 13.4. The van der Waals surface area contributed by atoms with E-state index in [-0.39, 0.29) is 5.82 Å². The van der Waals surface area contributed by atoms with Crippen LogP contribution in [0, 0.1) is 0 Å². The van der Waals surface area contributed by atoms with Crippen molar-refractivity contribution in [3.63, 3.8) is 0 Å². The predicted octanol–water partition coefficient (Wildman–Crippen LogP) is -6.27. The van der Waals surface area contributed by atoms with Crippen LogP contribution in [0.4, 0.5) is 5.82 Å². The smallest absolute Gasteiger partial charge is 0.394 e. The Morgan fingerprint density at radius 1 is 1.02 bits per heavy atom. The minimum Gasteiger partial charge on any atom is -0.394 e. The molecule has 3 saturated heterocycles. The van der Waals surface area contributed by atoms with Crippen LogP contribution in [-0.4, -0.2) is 196 Å². The van der Waals surface area contributed by atoms with Crippen LogP contribution < -0.4 is 16.7 Å². The number of nitrogens with two attached hydrogens (primary N) is 1. The van der Waals surface area contributed by atoms with Gasteiger partial charge in [0.25, 0.3) is 0 Å². The molecule has 4 heterocycles. The van der Waals surface area contributed by atoms with Crippen LogP contribution in [-0.2, 0) is 46.4 Å². The highest BCUT2D eigenvalue weighted by atomic mass is 31.2. The molecule has 0 aliphatic carbocycles. The Kier molecular flexibility index (Phi) is 16.3. The van der Waals surface area contributed by atoms with Crippen molar-refractivity contribution in [2.45, 2.75) is 111 Å². The van der Waals surface area contributed by atoms with Gasteiger partial charge in [-0.3, -0.25) is 23.0 Å². The van der Waals surface area contributed by atoms with Gasteiger partial charge in [-0.05, 0) is 12.5 Å². The fraction of sp³-hybridized carbons (Fsp3) is 0.828. The van der Waals surface area contributed by atoms with Crippen LogP contribution in [0.5, 0.6) is 0 Å². The van der Waals surface area contributed by atoms with Crippen molar-refractivity contribution in [1.29, 1.82) is 0 Å². The summed E-state index contributed by atoms with van der Waals surface area (Å²) < 4.78 is 64.2. The van der Waals surface area contributed by atoms with Gasteiger partial charge in [-0.15, -0.1) is 0 Å². The number of phosphoric acid groups is 1. The first-order chi connectivity index (χ1) is 26.5. The molecular weight excluding hydrogens is 818 g/mol. The Balaban J connectivity index is 1.52. The molecule has 1 aromatic heterocycles. The summed E-state index contributed by atoms with van der Waals surface area (Å²) in [6, 6.07) is -0.261. The van der Waals surface area contributed by atoms with E-state index >= 15 is 0 Å². The van der Waals surface area contributed by atoms with Crippen LogP contribution >= 0.6 is 15.4 Å². The Morgan fingerprint density at radius 2 is 1.65 bits per heavy atom. The molecule has 17 atom stereocenters. The minimum absolute atomic E-state index is 0.134. The number of hydrogen-bond acceptors (Lipinski definition) is 22. The van der Waals surface area contributed by atoms with Crippen LogP contribution in [0.25, 0.3) is 0 Å². The zero-order valence-corrected chi connectivity index (χ0v) is 32.3. The number of carbonyl (C=O) groups is 1. The molecule has 0 aromatic carbocycles. The lowest BCUT2D eigenvalue weighted by Gasteiger charge is -2.49. The summed E-state index contributed by atoms with van der Waals surface area (Å²) in [7, 11) is -8.97. The van der Waals surface area contributed by atoms with Crippen molar-refractivity contribution < 1.29 is 102 Å². The van der Waals surface area contributed by atoms with E-state index in [0.717, 1.165) is 24.8 Å². The number of hydrogen-bond donors (Lipinski definition) is 13. The highest BCUT2D eigenvalue weighted by Crippen LogP contribution is 2.50. The van der Waals surface area contributed by atoms with Gasteiger partial charge in [-0.1, -0.05) is 0 Å². The highest BCUT2D eigenvalue weighted by molar-refractivity contribution is 7.52. The lowest BCUT2D eigenvalue weighted by atomic mass is 9.82. The van der Waals surface area contributed by atoms with E-state index in [9.17, 15) is 74.5 Å². The monoisotopic (exact) mass is 868 g/mol. The van der Waals surface area contributed by atoms with Gasteiger partial charge in [-0.2, -0.15) is 4.98 Å². The number of nitrogens with zero attached hydrogens (tertiary/aromatic N) is 2. The van der Waals surface area contributed by atoms with Crippen LogP contribution in [0.3, 0.4) is 0 Å². The topological polar surface area (TPSA) is 411 Å². The van der Waals surface area contributed by atoms with Gasteiger partial charge >= 0.3 is 21.1 Å². The molecule has 3 fully saturated rings. The Morgan fingerprint density at radius 3 is 2.26 bits per heavy atom. The van der Waals surface area contributed by atoms with Crippen molar-refractivity contribution in [3.05, 3.63) is 22.7 Å². The molecule has 4 rings (SSSR count). The second kappa shape index (κ2) is 19.5. The molecular formula is C29H50N4O22P2. The van der Waals surface area contributed by atoms with Gasteiger partial charge < -0.3 is 90.3 Å². The van der Waals surface area contributed by atoms with Crippen LogP contribution in [0.2, 0.25) is 0 Å². The fourth-order valence-electron chi connectivity index (χ4n) is 6.45. The number of methoxy groups -OCH3 is 1. The second-order valence-electron chi connectivity index (χ2n) is 13.8. The molecule has 3 aliphatic rings. The number of aromatic nitrogens is 2. The fourth-order valence-corrected chi connectivity index (χ4v) is 8.46. The maximum Gasteiger partial charge on any atom is 0.472 e. The van der Waals surface area contributed by atoms with Crippen LogP contribution in [0.15, 0.2) is 17.1 Å². The van der Waals surface area contributed by atoms with Crippen molar-refractivity contribution in [2.75, 3.05) is 45.4 Å². The van der Waals surface area contributed by atoms with E-state index in [1.54, 1.807) is 0 Å². The molecule has 26 nitrogen and oxygen atoms in total. The molecule has 28 heteroatoms. The molecule has 1 amide bonds. The van der Waals surface area contributed by atoms with Crippen molar-refractivity contribution in [2.24, 2.45) is 0 Å². The third kappa shape index (κ3) is 11.8. The van der Waals surface area contributed by atoms with Gasteiger partial charge in [0, 0.05) is 26.7 Å². The van der Waals surface area contributed by atoms with E-state index in [0.29, 0.717) is 0 Å². The second-order valence-corrected chi connectivity index (χ2v) is 17.2. The van der Waals surface area contributed by atoms with E-state index in [4.69, 9.17) is 38.3 Å². The zero-order valence-electron chi connectivity index (χ0n) is 30.5. The Labute approximate surface area is 323 Å². The van der Waals surface area contributed by atoms with Crippen molar-refractivity contribution in [1.82, 2.24) is 14.9 Å². The summed E-state index contributed by atoms with van der Waals surface area (Å²) in [5.74, 6) is -0.865. The first-order valence-electron chi connectivity index (χ1n) is 17.3. The van der Waals surface area contributed by atoms with E-state index in [2.05, 4.69) is 10.3 Å². The molecule has 0 radical (unpaired) electrons. The van der Waals surface area contributed by atoms with E-state index in [1.807, 2.05) is 0 Å². The molecule has 0 bridgehead atoms. The molecule has 57 heavy (non-hydrogen) atoms. The number of nitrogen functional groups attached to an aromatic ring is 1. The third-order valence-corrected chi connectivity index (χ3v) is 11.8. The first kappa shape index (κ1) is 47.6. The quantitative estimate of drug-likeness (QED) is 0.0610. The summed E-state index contributed by atoms with van der Waals surface area (Å²) >= 11 is 0. The highest BCUT2D eigenvalue weighted by Gasteiger charge is 2.53. The zero-order chi connectivity index (χ0) is 42.6.